The number of aromatic nitrogens is 2. The summed E-state index contributed by atoms with van der Waals surface area (Å²) in [6.07, 6.45) is 0.0446. The summed E-state index contributed by atoms with van der Waals surface area (Å²) >= 11 is 2.48. The largest absolute Gasteiger partial charge is 0.497 e. The average Bonchev–Trinajstić information content (AvgIpc) is 3.20. The van der Waals surface area contributed by atoms with Gasteiger partial charge in [-0.05, 0) is 42.5 Å². The van der Waals surface area contributed by atoms with Crippen LogP contribution in [0.4, 0.5) is 20.9 Å². The molecule has 2 amide bonds. The molecule has 0 aliphatic carbocycles. The van der Waals surface area contributed by atoms with Gasteiger partial charge in [-0.15, -0.1) is 10.2 Å². The van der Waals surface area contributed by atoms with E-state index < -0.39 is 5.91 Å². The highest BCUT2D eigenvalue weighted by Crippen LogP contribution is 2.29. The zero-order valence-electron chi connectivity index (χ0n) is 16.6. The van der Waals surface area contributed by atoms with Crippen molar-refractivity contribution >= 4 is 51.4 Å². The van der Waals surface area contributed by atoms with Crippen LogP contribution in [0.15, 0.2) is 52.9 Å². The van der Waals surface area contributed by atoms with Crippen LogP contribution in [0, 0.1) is 5.82 Å². The number of nitrogens with two attached hydrogens (primary N) is 1. The molecule has 8 nitrogen and oxygen atoms in total. The van der Waals surface area contributed by atoms with Crippen molar-refractivity contribution < 1.29 is 18.7 Å². The van der Waals surface area contributed by atoms with E-state index in [0.29, 0.717) is 26.6 Å². The average molecular weight is 462 g/mol. The standard InChI is InChI=1S/C20H20FN5O3S2/c1-29-16-7-5-15(6-8-16)26(10-9-17(22)27)18(28)12-30-20-25-24-19(31-20)23-14-4-2-3-13(21)11-14/h2-8,11H,9-10,12H2,1H3,(H2,22,27)(H,23,24). The van der Waals surface area contributed by atoms with Gasteiger partial charge in [0.25, 0.3) is 0 Å². The number of benzene rings is 2. The highest BCUT2D eigenvalue weighted by Gasteiger charge is 2.18. The predicted molar refractivity (Wildman–Crippen MR) is 119 cm³/mol. The molecule has 0 bridgehead atoms. The van der Waals surface area contributed by atoms with Crippen molar-refractivity contribution in [2.75, 3.05) is 29.6 Å². The summed E-state index contributed by atoms with van der Waals surface area (Å²) in [7, 11) is 1.56. The third-order valence-corrected chi connectivity index (χ3v) is 6.03. The molecule has 0 unspecified atom stereocenters. The van der Waals surface area contributed by atoms with Gasteiger partial charge in [-0.1, -0.05) is 29.2 Å². The molecule has 31 heavy (non-hydrogen) atoms. The van der Waals surface area contributed by atoms with Crippen molar-refractivity contribution in [3.63, 3.8) is 0 Å². The van der Waals surface area contributed by atoms with E-state index in [1.807, 2.05) is 0 Å². The minimum absolute atomic E-state index is 0.0446. The molecule has 0 spiro atoms. The Kier molecular flexibility index (Phi) is 7.79. The van der Waals surface area contributed by atoms with E-state index in [-0.39, 0.29) is 30.4 Å². The van der Waals surface area contributed by atoms with Crippen LogP contribution in [0.1, 0.15) is 6.42 Å². The van der Waals surface area contributed by atoms with Gasteiger partial charge in [0.05, 0.1) is 12.9 Å². The lowest BCUT2D eigenvalue weighted by molar-refractivity contribution is -0.118. The minimum Gasteiger partial charge on any atom is -0.497 e. The molecule has 3 rings (SSSR count). The first kappa shape index (κ1) is 22.5. The van der Waals surface area contributed by atoms with Crippen molar-refractivity contribution in [2.45, 2.75) is 10.8 Å². The number of halogens is 1. The van der Waals surface area contributed by atoms with Crippen LogP contribution in [0.25, 0.3) is 0 Å². The van der Waals surface area contributed by atoms with Crippen LogP contribution in [0.5, 0.6) is 5.75 Å². The number of rotatable bonds is 10. The van der Waals surface area contributed by atoms with Crippen molar-refractivity contribution in [3.05, 3.63) is 54.3 Å². The Bertz CT molecular complexity index is 1050. The number of thioether (sulfide) groups is 1. The zero-order valence-corrected chi connectivity index (χ0v) is 18.2. The van der Waals surface area contributed by atoms with Crippen LogP contribution in [-0.4, -0.2) is 41.4 Å². The van der Waals surface area contributed by atoms with E-state index >= 15 is 0 Å². The Morgan fingerprint density at radius 3 is 2.68 bits per heavy atom. The summed E-state index contributed by atoms with van der Waals surface area (Å²) in [4.78, 5) is 25.6. The fraction of sp³-hybridized carbons (Fsp3) is 0.200. The minimum atomic E-state index is -0.490. The summed E-state index contributed by atoms with van der Waals surface area (Å²) in [6.45, 7) is 0.170. The molecule has 1 heterocycles. The van der Waals surface area contributed by atoms with Gasteiger partial charge in [0.1, 0.15) is 11.6 Å². The van der Waals surface area contributed by atoms with Crippen LogP contribution >= 0.6 is 23.1 Å². The molecule has 0 radical (unpaired) electrons. The second-order valence-corrected chi connectivity index (χ2v) is 8.46. The fourth-order valence-electron chi connectivity index (χ4n) is 2.59. The van der Waals surface area contributed by atoms with E-state index in [4.69, 9.17) is 10.5 Å². The topological polar surface area (TPSA) is 110 Å². The lowest BCUT2D eigenvalue weighted by Gasteiger charge is -2.22. The molecular weight excluding hydrogens is 441 g/mol. The van der Waals surface area contributed by atoms with Gasteiger partial charge in [0.15, 0.2) is 4.34 Å². The molecule has 162 valence electrons. The van der Waals surface area contributed by atoms with Gasteiger partial charge in [0.2, 0.25) is 16.9 Å². The van der Waals surface area contributed by atoms with Crippen LogP contribution in [0.3, 0.4) is 0 Å². The molecule has 3 aromatic rings. The third-order valence-electron chi connectivity index (χ3n) is 4.07. The molecule has 1 aromatic heterocycles. The predicted octanol–water partition coefficient (Wildman–Crippen LogP) is 3.43. The van der Waals surface area contributed by atoms with Gasteiger partial charge < -0.3 is 20.7 Å². The number of nitrogens with one attached hydrogen (secondary N) is 1. The highest BCUT2D eigenvalue weighted by molar-refractivity contribution is 8.01. The number of ether oxygens (including phenoxy) is 1. The van der Waals surface area contributed by atoms with Gasteiger partial charge >= 0.3 is 0 Å². The van der Waals surface area contributed by atoms with Gasteiger partial charge in [0, 0.05) is 24.3 Å². The summed E-state index contributed by atoms with van der Waals surface area (Å²) in [5.74, 6) is -0.293. The molecular formula is C20H20FN5O3S2. The van der Waals surface area contributed by atoms with E-state index in [1.165, 1.54) is 40.1 Å². The number of hydrogen-bond acceptors (Lipinski definition) is 8. The molecule has 0 aliphatic rings. The maximum Gasteiger partial charge on any atom is 0.237 e. The lowest BCUT2D eigenvalue weighted by atomic mass is 10.2. The Hall–Kier alpha value is -3.18. The number of carbonyl (C=O) groups excluding carboxylic acids is 2. The SMILES string of the molecule is COc1ccc(N(CCC(N)=O)C(=O)CSc2nnc(Nc3cccc(F)c3)s2)cc1. The molecule has 0 fully saturated rings. The smallest absolute Gasteiger partial charge is 0.237 e. The van der Waals surface area contributed by atoms with Crippen LogP contribution in [-0.2, 0) is 9.59 Å². The van der Waals surface area contributed by atoms with Crippen molar-refractivity contribution in [2.24, 2.45) is 5.73 Å². The van der Waals surface area contributed by atoms with Gasteiger partial charge in [-0.25, -0.2) is 4.39 Å². The van der Waals surface area contributed by atoms with E-state index in [9.17, 15) is 14.0 Å². The quantitative estimate of drug-likeness (QED) is 0.445. The summed E-state index contributed by atoms with van der Waals surface area (Å²) in [6, 6.07) is 13.0. The van der Waals surface area contributed by atoms with Crippen LogP contribution < -0.4 is 20.7 Å². The Morgan fingerprint density at radius 2 is 2.00 bits per heavy atom. The Labute approximate surface area is 186 Å². The second kappa shape index (κ2) is 10.7. The third kappa shape index (κ3) is 6.66. The maximum atomic E-state index is 13.3. The first-order chi connectivity index (χ1) is 14.9. The van der Waals surface area contributed by atoms with E-state index in [2.05, 4.69) is 15.5 Å². The molecule has 0 atom stereocenters. The number of anilines is 3. The Morgan fingerprint density at radius 1 is 1.23 bits per heavy atom. The number of hydrogen-bond donors (Lipinski definition) is 2. The summed E-state index contributed by atoms with van der Waals surface area (Å²) in [5.41, 5.74) is 6.45. The first-order valence-electron chi connectivity index (χ1n) is 9.16. The number of nitrogens with zero attached hydrogens (tertiary/aromatic N) is 3. The summed E-state index contributed by atoms with van der Waals surface area (Å²) in [5, 5.41) is 11.5. The van der Waals surface area contributed by atoms with Crippen LogP contribution in [0.2, 0.25) is 0 Å². The highest BCUT2D eigenvalue weighted by atomic mass is 32.2. The maximum absolute atomic E-state index is 13.3. The zero-order chi connectivity index (χ0) is 22.2. The number of methoxy groups -OCH3 is 1. The number of amides is 2. The van der Waals surface area contributed by atoms with Gasteiger partial charge in [-0.3, -0.25) is 9.59 Å². The normalized spacial score (nSPS) is 10.5. The molecule has 2 aromatic carbocycles. The van der Waals surface area contributed by atoms with E-state index in [0.717, 1.165) is 0 Å². The monoisotopic (exact) mass is 461 g/mol. The number of carbonyl (C=O) groups is 2. The molecule has 0 saturated carbocycles. The molecule has 0 aliphatic heterocycles. The first-order valence-corrected chi connectivity index (χ1v) is 11.0. The fourth-order valence-corrected chi connectivity index (χ4v) is 4.24. The second-order valence-electron chi connectivity index (χ2n) is 6.26. The van der Waals surface area contributed by atoms with Crippen molar-refractivity contribution in [1.82, 2.24) is 10.2 Å². The number of primary amides is 1. The van der Waals surface area contributed by atoms with E-state index in [1.54, 1.807) is 43.5 Å². The molecule has 11 heteroatoms. The molecule has 0 saturated heterocycles. The lowest BCUT2D eigenvalue weighted by Crippen LogP contribution is -2.35. The van der Waals surface area contributed by atoms with Gasteiger partial charge in [-0.2, -0.15) is 0 Å². The van der Waals surface area contributed by atoms with Crippen molar-refractivity contribution in [3.8, 4) is 5.75 Å². The Balaban J connectivity index is 1.63. The molecule has 3 N–H and O–H groups in total. The van der Waals surface area contributed by atoms with Crippen molar-refractivity contribution in [1.29, 1.82) is 0 Å². The summed E-state index contributed by atoms with van der Waals surface area (Å²) < 4.78 is 19.0.